The Balaban J connectivity index is 4.32. The summed E-state index contributed by atoms with van der Waals surface area (Å²) >= 11 is 0. The maximum absolute atomic E-state index is 12.9. The Kier molecular flexibility index (Phi) is 62.7. The second-order valence-corrected chi connectivity index (χ2v) is 22.0. The van der Waals surface area contributed by atoms with E-state index in [2.05, 4.69) is 112 Å². The van der Waals surface area contributed by atoms with Crippen LogP contribution >= 0.6 is 0 Å². The molecular formula is C72H124O6. The molecule has 0 bridgehead atoms. The molecule has 0 amide bonds. The maximum atomic E-state index is 12.9. The van der Waals surface area contributed by atoms with E-state index in [-0.39, 0.29) is 37.5 Å². The van der Waals surface area contributed by atoms with Gasteiger partial charge in [-0.05, 0) is 83.5 Å². The van der Waals surface area contributed by atoms with Crippen LogP contribution in [0.2, 0.25) is 0 Å². The Bertz CT molecular complexity index is 1530. The molecule has 0 heterocycles. The average Bonchev–Trinajstić information content (AvgIpc) is 3.44. The number of ether oxygens (including phenoxy) is 3. The Hall–Kier alpha value is -3.67. The van der Waals surface area contributed by atoms with E-state index in [1.54, 1.807) is 0 Å². The minimum absolute atomic E-state index is 0.0979. The molecule has 0 aliphatic carbocycles. The van der Waals surface area contributed by atoms with Gasteiger partial charge in [-0.15, -0.1) is 0 Å². The first-order chi connectivity index (χ1) is 38.5. The van der Waals surface area contributed by atoms with Crippen molar-refractivity contribution in [1.29, 1.82) is 0 Å². The molecule has 0 aromatic carbocycles. The number of carbonyl (C=O) groups excluding carboxylic acids is 3. The van der Waals surface area contributed by atoms with Crippen LogP contribution in [0, 0.1) is 0 Å². The standard InChI is InChI=1S/C72H124O6/c1-4-7-10-13-16-19-22-25-27-29-31-33-35-36-37-39-40-42-44-47-50-53-56-59-62-65-71(74)77-68-69(67-76-70(73)64-61-58-55-52-49-46-24-21-18-15-12-9-6-3)78-72(75)66-63-60-57-54-51-48-45-43-41-38-34-32-30-28-26-23-20-17-14-11-8-5-2/h7,9-10,12,16,18-19,21,25,27,31,33,46,49,55,58,69H,4-6,8,11,13-15,17,20,22-24,26,28-30,32,34-45,47-48,50-54,56-57,59-68H2,1-3H3/b10-7-,12-9-,19-16-,21-18-,27-25-,33-31-,49-46-,58-55-. The second kappa shape index (κ2) is 65.8. The summed E-state index contributed by atoms with van der Waals surface area (Å²) in [6, 6.07) is 0. The van der Waals surface area contributed by atoms with Crippen molar-refractivity contribution in [3.8, 4) is 0 Å². The zero-order valence-corrected chi connectivity index (χ0v) is 51.4. The fourth-order valence-electron chi connectivity index (χ4n) is 9.45. The summed E-state index contributed by atoms with van der Waals surface area (Å²) in [5.74, 6) is -0.970. The number of rotatable bonds is 60. The van der Waals surface area contributed by atoms with Crippen LogP contribution in [0.5, 0.6) is 0 Å². The van der Waals surface area contributed by atoms with Crippen LogP contribution in [0.3, 0.4) is 0 Å². The van der Waals surface area contributed by atoms with Gasteiger partial charge in [-0.25, -0.2) is 0 Å². The van der Waals surface area contributed by atoms with Crippen LogP contribution in [-0.2, 0) is 28.6 Å². The van der Waals surface area contributed by atoms with Gasteiger partial charge in [-0.2, -0.15) is 0 Å². The lowest BCUT2D eigenvalue weighted by Gasteiger charge is -2.18. The van der Waals surface area contributed by atoms with Crippen molar-refractivity contribution in [2.45, 2.75) is 329 Å². The number of allylic oxidation sites excluding steroid dienone is 16. The summed E-state index contributed by atoms with van der Waals surface area (Å²) in [5, 5.41) is 0. The van der Waals surface area contributed by atoms with Crippen molar-refractivity contribution >= 4 is 17.9 Å². The topological polar surface area (TPSA) is 78.9 Å². The van der Waals surface area contributed by atoms with Gasteiger partial charge >= 0.3 is 17.9 Å². The fraction of sp³-hybridized carbons (Fsp3) is 0.736. The molecule has 0 aliphatic heterocycles. The predicted molar refractivity (Wildman–Crippen MR) is 339 cm³/mol. The number of unbranched alkanes of at least 4 members (excludes halogenated alkanes) is 33. The number of hydrogen-bond donors (Lipinski definition) is 0. The van der Waals surface area contributed by atoms with E-state index < -0.39 is 6.10 Å². The van der Waals surface area contributed by atoms with E-state index in [0.717, 1.165) is 89.9 Å². The van der Waals surface area contributed by atoms with Crippen molar-refractivity contribution in [3.63, 3.8) is 0 Å². The third kappa shape index (κ3) is 63.2. The van der Waals surface area contributed by atoms with Crippen molar-refractivity contribution in [2.24, 2.45) is 0 Å². The molecule has 78 heavy (non-hydrogen) atoms. The molecule has 1 unspecified atom stereocenters. The van der Waals surface area contributed by atoms with Gasteiger partial charge in [0, 0.05) is 19.3 Å². The molecule has 0 aromatic rings. The van der Waals surface area contributed by atoms with Crippen molar-refractivity contribution in [3.05, 3.63) is 97.2 Å². The zero-order valence-electron chi connectivity index (χ0n) is 51.4. The Morgan fingerprint density at radius 2 is 0.526 bits per heavy atom. The number of esters is 3. The molecular weight excluding hydrogens is 961 g/mol. The third-order valence-corrected chi connectivity index (χ3v) is 14.3. The highest BCUT2D eigenvalue weighted by Gasteiger charge is 2.19. The molecule has 0 fully saturated rings. The van der Waals surface area contributed by atoms with Gasteiger partial charge in [0.2, 0.25) is 0 Å². The molecule has 0 radical (unpaired) electrons. The molecule has 0 aliphatic rings. The van der Waals surface area contributed by atoms with E-state index in [1.807, 2.05) is 6.08 Å². The maximum Gasteiger partial charge on any atom is 0.306 e. The molecule has 448 valence electrons. The summed E-state index contributed by atoms with van der Waals surface area (Å²) in [5.41, 5.74) is 0. The van der Waals surface area contributed by atoms with Gasteiger partial charge in [0.05, 0.1) is 0 Å². The molecule has 0 N–H and O–H groups in total. The lowest BCUT2D eigenvalue weighted by Crippen LogP contribution is -2.30. The molecule has 0 saturated heterocycles. The summed E-state index contributed by atoms with van der Waals surface area (Å²) < 4.78 is 16.9. The van der Waals surface area contributed by atoms with Crippen molar-refractivity contribution in [2.75, 3.05) is 13.2 Å². The highest BCUT2D eigenvalue weighted by Crippen LogP contribution is 2.17. The molecule has 0 aromatic heterocycles. The largest absolute Gasteiger partial charge is 0.462 e. The number of hydrogen-bond acceptors (Lipinski definition) is 6. The molecule has 0 rings (SSSR count). The monoisotopic (exact) mass is 1080 g/mol. The van der Waals surface area contributed by atoms with Gasteiger partial charge in [0.1, 0.15) is 13.2 Å². The lowest BCUT2D eigenvalue weighted by molar-refractivity contribution is -0.166. The zero-order chi connectivity index (χ0) is 56.4. The van der Waals surface area contributed by atoms with Crippen LogP contribution in [0.1, 0.15) is 323 Å². The highest BCUT2D eigenvalue weighted by atomic mass is 16.6. The van der Waals surface area contributed by atoms with E-state index in [0.29, 0.717) is 19.3 Å². The minimum atomic E-state index is -0.807. The van der Waals surface area contributed by atoms with E-state index in [4.69, 9.17) is 14.2 Å². The van der Waals surface area contributed by atoms with Crippen molar-refractivity contribution in [1.82, 2.24) is 0 Å². The van der Waals surface area contributed by atoms with Gasteiger partial charge in [0.25, 0.3) is 0 Å². The molecule has 0 saturated carbocycles. The Morgan fingerprint density at radius 3 is 0.859 bits per heavy atom. The summed E-state index contributed by atoms with van der Waals surface area (Å²) in [6.07, 6.45) is 88.7. The minimum Gasteiger partial charge on any atom is -0.462 e. The van der Waals surface area contributed by atoms with Crippen LogP contribution in [0.25, 0.3) is 0 Å². The van der Waals surface area contributed by atoms with Gasteiger partial charge in [-0.3, -0.25) is 14.4 Å². The van der Waals surface area contributed by atoms with Gasteiger partial charge < -0.3 is 14.2 Å². The summed E-state index contributed by atoms with van der Waals surface area (Å²) in [7, 11) is 0. The first-order valence-corrected chi connectivity index (χ1v) is 33.2. The van der Waals surface area contributed by atoms with Crippen LogP contribution in [0.4, 0.5) is 0 Å². The molecule has 6 nitrogen and oxygen atoms in total. The Labute approximate surface area is 483 Å². The first-order valence-electron chi connectivity index (χ1n) is 33.2. The van der Waals surface area contributed by atoms with Gasteiger partial charge in [0.15, 0.2) is 6.10 Å². The molecule has 0 spiro atoms. The summed E-state index contributed by atoms with van der Waals surface area (Å²) in [4.78, 5) is 38.3. The smallest absolute Gasteiger partial charge is 0.306 e. The fourth-order valence-corrected chi connectivity index (χ4v) is 9.45. The highest BCUT2D eigenvalue weighted by molar-refractivity contribution is 5.71. The SMILES string of the molecule is CC/C=C\C/C=C\C/C=C\C/C=C\CCCCCCCCCCCCCCC(=O)OCC(COC(=O)CC/C=C\C/C=C\C/C=C\C/C=C\CC)OC(=O)CCCCCCCCCCCCCCCCCCCCCCCC. The molecule has 6 heteroatoms. The van der Waals surface area contributed by atoms with Crippen LogP contribution < -0.4 is 0 Å². The lowest BCUT2D eigenvalue weighted by atomic mass is 10.0. The Morgan fingerprint density at radius 1 is 0.269 bits per heavy atom. The van der Waals surface area contributed by atoms with Gasteiger partial charge in [-0.1, -0.05) is 317 Å². The third-order valence-electron chi connectivity index (χ3n) is 14.3. The predicted octanol–water partition coefficient (Wildman–Crippen LogP) is 22.8. The summed E-state index contributed by atoms with van der Waals surface area (Å²) in [6.45, 7) is 6.39. The first kappa shape index (κ1) is 74.3. The van der Waals surface area contributed by atoms with E-state index in [9.17, 15) is 14.4 Å². The van der Waals surface area contributed by atoms with Crippen LogP contribution in [-0.4, -0.2) is 37.2 Å². The van der Waals surface area contributed by atoms with E-state index >= 15 is 0 Å². The number of carbonyl (C=O) groups is 3. The van der Waals surface area contributed by atoms with Crippen molar-refractivity contribution < 1.29 is 28.6 Å². The second-order valence-electron chi connectivity index (χ2n) is 22.0. The normalized spacial score (nSPS) is 12.7. The quantitative estimate of drug-likeness (QED) is 0.0261. The molecule has 1 atom stereocenters. The van der Waals surface area contributed by atoms with Crippen LogP contribution in [0.15, 0.2) is 97.2 Å². The average molecular weight is 1090 g/mol. The van der Waals surface area contributed by atoms with E-state index in [1.165, 1.54) is 186 Å².